The lowest BCUT2D eigenvalue weighted by Gasteiger charge is -2.09. The Bertz CT molecular complexity index is 922. The third kappa shape index (κ3) is 3.01. The number of rotatable bonds is 3. The number of pyridine rings is 1. The maximum Gasteiger partial charge on any atom is 0.271 e. The van der Waals surface area contributed by atoms with Gasteiger partial charge in [0, 0.05) is 28.9 Å². The van der Waals surface area contributed by atoms with E-state index in [4.69, 9.17) is 0 Å². The third-order valence-electron chi connectivity index (χ3n) is 3.40. The average Bonchev–Trinajstić information content (AvgIpc) is 2.54. The number of fused-ring (bicyclic) bond motifs is 1. The molecule has 3 rings (SSSR count). The average molecular weight is 307 g/mol. The Morgan fingerprint density at radius 3 is 2.70 bits per heavy atom. The van der Waals surface area contributed by atoms with Gasteiger partial charge in [0.2, 0.25) is 0 Å². The molecule has 0 saturated carbocycles. The summed E-state index contributed by atoms with van der Waals surface area (Å²) >= 11 is 0. The molecular formula is C17H13N3O3. The van der Waals surface area contributed by atoms with Crippen molar-refractivity contribution in [2.75, 3.05) is 5.32 Å². The summed E-state index contributed by atoms with van der Waals surface area (Å²) in [7, 11) is 0. The lowest BCUT2D eigenvalue weighted by Crippen LogP contribution is -2.13. The van der Waals surface area contributed by atoms with E-state index in [1.54, 1.807) is 12.1 Å². The Hall–Kier alpha value is -3.28. The maximum atomic E-state index is 12.6. The van der Waals surface area contributed by atoms with Crippen molar-refractivity contribution in [2.24, 2.45) is 0 Å². The van der Waals surface area contributed by atoms with Crippen molar-refractivity contribution >= 4 is 28.2 Å². The molecule has 0 bridgehead atoms. The van der Waals surface area contributed by atoms with Crippen LogP contribution in [-0.2, 0) is 0 Å². The van der Waals surface area contributed by atoms with Gasteiger partial charge in [0.15, 0.2) is 0 Å². The molecule has 0 aliphatic carbocycles. The van der Waals surface area contributed by atoms with Crippen LogP contribution >= 0.6 is 0 Å². The molecule has 23 heavy (non-hydrogen) atoms. The minimum Gasteiger partial charge on any atom is -0.322 e. The molecule has 2 aromatic carbocycles. The second kappa shape index (κ2) is 5.84. The molecule has 1 amide bonds. The van der Waals surface area contributed by atoms with Crippen LogP contribution in [-0.4, -0.2) is 15.8 Å². The van der Waals surface area contributed by atoms with Crippen molar-refractivity contribution < 1.29 is 9.72 Å². The first-order chi connectivity index (χ1) is 11.0. The van der Waals surface area contributed by atoms with Crippen LogP contribution in [0.3, 0.4) is 0 Å². The predicted octanol–water partition coefficient (Wildman–Crippen LogP) is 3.70. The van der Waals surface area contributed by atoms with Crippen molar-refractivity contribution in [1.29, 1.82) is 0 Å². The molecule has 0 radical (unpaired) electrons. The van der Waals surface area contributed by atoms with E-state index in [0.29, 0.717) is 11.3 Å². The van der Waals surface area contributed by atoms with Gasteiger partial charge in [0.25, 0.3) is 11.6 Å². The molecule has 0 aliphatic rings. The number of nitrogens with one attached hydrogen (secondary N) is 1. The normalized spacial score (nSPS) is 10.5. The molecule has 1 aromatic heterocycles. The highest BCUT2D eigenvalue weighted by Gasteiger charge is 2.13. The van der Waals surface area contributed by atoms with Crippen molar-refractivity contribution in [3.8, 4) is 0 Å². The van der Waals surface area contributed by atoms with Crippen molar-refractivity contribution in [3.63, 3.8) is 0 Å². The number of carbonyl (C=O) groups is 1. The van der Waals surface area contributed by atoms with E-state index in [1.807, 2.05) is 31.2 Å². The molecule has 1 N–H and O–H groups in total. The van der Waals surface area contributed by atoms with E-state index < -0.39 is 4.92 Å². The minimum absolute atomic E-state index is 0.0708. The van der Waals surface area contributed by atoms with Gasteiger partial charge in [-0.05, 0) is 25.1 Å². The SMILES string of the molecule is Cc1cc(C(=O)Nc2cccc([N+](=O)[O-])c2)c2ccccc2n1. The Kier molecular flexibility index (Phi) is 3.72. The molecular weight excluding hydrogens is 294 g/mol. The lowest BCUT2D eigenvalue weighted by atomic mass is 10.1. The number of non-ortho nitro benzene ring substituents is 1. The fourth-order valence-corrected chi connectivity index (χ4v) is 2.39. The monoisotopic (exact) mass is 307 g/mol. The smallest absolute Gasteiger partial charge is 0.271 e. The van der Waals surface area contributed by atoms with Crippen LogP contribution in [0.5, 0.6) is 0 Å². The van der Waals surface area contributed by atoms with E-state index in [1.165, 1.54) is 18.2 Å². The zero-order valence-electron chi connectivity index (χ0n) is 12.3. The molecule has 114 valence electrons. The van der Waals surface area contributed by atoms with E-state index >= 15 is 0 Å². The number of benzene rings is 2. The van der Waals surface area contributed by atoms with Crippen molar-refractivity contribution in [1.82, 2.24) is 4.98 Å². The number of hydrogen-bond donors (Lipinski definition) is 1. The molecule has 0 fully saturated rings. The Balaban J connectivity index is 1.98. The van der Waals surface area contributed by atoms with E-state index in [-0.39, 0.29) is 11.6 Å². The number of para-hydroxylation sites is 1. The first kappa shape index (κ1) is 14.6. The van der Waals surface area contributed by atoms with Crippen LogP contribution in [0.1, 0.15) is 16.1 Å². The van der Waals surface area contributed by atoms with Gasteiger partial charge >= 0.3 is 0 Å². The largest absolute Gasteiger partial charge is 0.322 e. The summed E-state index contributed by atoms with van der Waals surface area (Å²) in [6.45, 7) is 1.82. The molecule has 6 nitrogen and oxygen atoms in total. The van der Waals surface area contributed by atoms with Gasteiger partial charge in [-0.1, -0.05) is 24.3 Å². The summed E-state index contributed by atoms with van der Waals surface area (Å²) in [6.07, 6.45) is 0. The number of hydrogen-bond acceptors (Lipinski definition) is 4. The Morgan fingerprint density at radius 2 is 1.91 bits per heavy atom. The van der Waals surface area contributed by atoms with Gasteiger partial charge < -0.3 is 5.32 Å². The van der Waals surface area contributed by atoms with Crippen molar-refractivity contribution in [2.45, 2.75) is 6.92 Å². The third-order valence-corrected chi connectivity index (χ3v) is 3.40. The van der Waals surface area contributed by atoms with E-state index in [0.717, 1.165) is 16.6 Å². The van der Waals surface area contributed by atoms with Gasteiger partial charge in [0.05, 0.1) is 16.0 Å². The van der Waals surface area contributed by atoms with Crippen LogP contribution in [0.15, 0.2) is 54.6 Å². The summed E-state index contributed by atoms with van der Waals surface area (Å²) in [4.78, 5) is 27.3. The first-order valence-corrected chi connectivity index (χ1v) is 6.97. The van der Waals surface area contributed by atoms with Gasteiger partial charge in [-0.2, -0.15) is 0 Å². The number of aromatic nitrogens is 1. The summed E-state index contributed by atoms with van der Waals surface area (Å²) in [5.74, 6) is -0.327. The van der Waals surface area contributed by atoms with E-state index in [2.05, 4.69) is 10.3 Å². The molecule has 0 aliphatic heterocycles. The summed E-state index contributed by atoms with van der Waals surface area (Å²) < 4.78 is 0. The molecule has 0 saturated heterocycles. The zero-order chi connectivity index (χ0) is 16.4. The topological polar surface area (TPSA) is 85.1 Å². The highest BCUT2D eigenvalue weighted by Crippen LogP contribution is 2.21. The first-order valence-electron chi connectivity index (χ1n) is 6.97. The van der Waals surface area contributed by atoms with Crippen LogP contribution in [0.25, 0.3) is 10.9 Å². The van der Waals surface area contributed by atoms with Crippen LogP contribution in [0.4, 0.5) is 11.4 Å². The van der Waals surface area contributed by atoms with Crippen LogP contribution < -0.4 is 5.32 Å². The summed E-state index contributed by atoms with van der Waals surface area (Å²) in [5.41, 5.74) is 2.26. The van der Waals surface area contributed by atoms with Gasteiger partial charge in [-0.3, -0.25) is 19.9 Å². The lowest BCUT2D eigenvalue weighted by molar-refractivity contribution is -0.384. The maximum absolute atomic E-state index is 12.6. The van der Waals surface area contributed by atoms with Gasteiger partial charge in [-0.25, -0.2) is 0 Å². The van der Waals surface area contributed by atoms with E-state index in [9.17, 15) is 14.9 Å². The van der Waals surface area contributed by atoms with Crippen LogP contribution in [0.2, 0.25) is 0 Å². The summed E-state index contributed by atoms with van der Waals surface area (Å²) in [5, 5.41) is 14.3. The number of anilines is 1. The summed E-state index contributed by atoms with van der Waals surface area (Å²) in [6, 6.07) is 14.9. The Labute approximate surface area is 131 Å². The highest BCUT2D eigenvalue weighted by atomic mass is 16.6. The second-order valence-corrected chi connectivity index (χ2v) is 5.09. The van der Waals surface area contributed by atoms with Gasteiger partial charge in [0.1, 0.15) is 0 Å². The number of amides is 1. The molecule has 6 heteroatoms. The van der Waals surface area contributed by atoms with Crippen LogP contribution in [0, 0.1) is 17.0 Å². The molecule has 0 spiro atoms. The number of aryl methyl sites for hydroxylation is 1. The number of nitrogens with zero attached hydrogens (tertiary/aromatic N) is 2. The van der Waals surface area contributed by atoms with Gasteiger partial charge in [-0.15, -0.1) is 0 Å². The molecule has 3 aromatic rings. The number of carbonyl (C=O) groups excluding carboxylic acids is 1. The fourth-order valence-electron chi connectivity index (χ4n) is 2.39. The van der Waals surface area contributed by atoms with Crippen molar-refractivity contribution in [3.05, 3.63) is 76.0 Å². The minimum atomic E-state index is -0.498. The quantitative estimate of drug-likeness (QED) is 0.590. The Morgan fingerprint density at radius 1 is 1.13 bits per heavy atom. The number of nitro groups is 1. The second-order valence-electron chi connectivity index (χ2n) is 5.09. The number of nitro benzene ring substituents is 1. The predicted molar refractivity (Wildman–Crippen MR) is 87.5 cm³/mol. The molecule has 0 atom stereocenters. The zero-order valence-corrected chi connectivity index (χ0v) is 12.3. The molecule has 1 heterocycles. The highest BCUT2D eigenvalue weighted by molar-refractivity contribution is 6.12. The fraction of sp³-hybridized carbons (Fsp3) is 0.0588. The molecule has 0 unspecified atom stereocenters. The standard InChI is InChI=1S/C17H13N3O3/c1-11-9-15(14-7-2-3-8-16(14)18-11)17(21)19-12-5-4-6-13(10-12)20(22)23/h2-10H,1H3,(H,19,21).